The van der Waals surface area contributed by atoms with Crippen LogP contribution in [0, 0.1) is 5.92 Å². The van der Waals surface area contributed by atoms with Crippen molar-refractivity contribution in [3.8, 4) is 11.3 Å². The number of nitrogens with zero attached hydrogens (tertiary/aromatic N) is 3. The molecule has 4 rings (SSSR count). The number of carbonyl (C=O) groups excluding carboxylic acids is 1. The molecule has 0 radical (unpaired) electrons. The lowest BCUT2D eigenvalue weighted by atomic mass is 9.82. The summed E-state index contributed by atoms with van der Waals surface area (Å²) in [6, 6.07) is 3.67. The number of pyridine rings is 1. The lowest BCUT2D eigenvalue weighted by Gasteiger charge is -2.28. The van der Waals surface area contributed by atoms with Gasteiger partial charge in [-0.3, -0.25) is 9.78 Å². The molecular weight excluding hydrogens is 300 g/mol. The highest BCUT2D eigenvalue weighted by molar-refractivity contribution is 5.83. The second-order valence-electron chi connectivity index (χ2n) is 6.44. The third-order valence-corrected chi connectivity index (χ3v) is 5.00. The van der Waals surface area contributed by atoms with E-state index in [9.17, 15) is 13.6 Å². The van der Waals surface area contributed by atoms with Gasteiger partial charge in [0.2, 0.25) is 5.92 Å². The van der Waals surface area contributed by atoms with Gasteiger partial charge in [-0.2, -0.15) is 0 Å². The van der Waals surface area contributed by atoms with E-state index in [4.69, 9.17) is 0 Å². The minimum Gasteiger partial charge on any atom is -0.321 e. The lowest BCUT2D eigenvalue weighted by molar-refractivity contribution is -0.127. The Balaban J connectivity index is 1.55. The molecule has 4 nitrogen and oxygen atoms in total. The van der Waals surface area contributed by atoms with E-state index in [0.717, 1.165) is 17.0 Å². The number of hydrogen-bond donors (Lipinski definition) is 0. The lowest BCUT2D eigenvalue weighted by Crippen LogP contribution is -2.29. The minimum absolute atomic E-state index is 0.0589. The highest BCUT2D eigenvalue weighted by Gasteiger charge is 2.39. The maximum absolute atomic E-state index is 13.3. The zero-order chi connectivity index (χ0) is 16.0. The van der Waals surface area contributed by atoms with E-state index in [-0.39, 0.29) is 43.4 Å². The predicted molar refractivity (Wildman–Crippen MR) is 80.1 cm³/mol. The molecule has 0 N–H and O–H groups in total. The molecule has 1 saturated carbocycles. The molecule has 2 aromatic rings. The molecular formula is C17H17F2N3O. The van der Waals surface area contributed by atoms with Gasteiger partial charge in [0.05, 0.1) is 30.0 Å². The van der Waals surface area contributed by atoms with Crippen molar-refractivity contribution in [2.24, 2.45) is 5.92 Å². The molecule has 1 aliphatic carbocycles. The van der Waals surface area contributed by atoms with Crippen LogP contribution in [0.2, 0.25) is 0 Å². The highest BCUT2D eigenvalue weighted by atomic mass is 19.3. The van der Waals surface area contributed by atoms with E-state index in [1.165, 1.54) is 0 Å². The molecule has 0 saturated heterocycles. The molecule has 3 heterocycles. The summed E-state index contributed by atoms with van der Waals surface area (Å²) in [5.41, 5.74) is 2.83. The van der Waals surface area contributed by atoms with Gasteiger partial charge in [0, 0.05) is 36.9 Å². The van der Waals surface area contributed by atoms with Crippen molar-refractivity contribution in [3.63, 3.8) is 0 Å². The molecule has 1 atom stereocenters. The van der Waals surface area contributed by atoms with Crippen LogP contribution in [0.1, 0.15) is 43.8 Å². The van der Waals surface area contributed by atoms with Crippen LogP contribution in [0.4, 0.5) is 8.78 Å². The number of carbonyl (C=O) groups is 1. The number of Topliss-reactive ketones (excluding diaryl/α,β-unsaturated/α-hetero) is 1. The first-order chi connectivity index (χ1) is 11.1. The Morgan fingerprint density at radius 2 is 2.13 bits per heavy atom. The normalized spacial score (nSPS) is 22.6. The van der Waals surface area contributed by atoms with Crippen LogP contribution in [0.25, 0.3) is 11.3 Å². The third-order valence-electron chi connectivity index (χ3n) is 5.00. The molecule has 0 bridgehead atoms. The summed E-state index contributed by atoms with van der Waals surface area (Å²) in [5, 5.41) is 0. The van der Waals surface area contributed by atoms with Gasteiger partial charge in [-0.05, 0) is 25.0 Å². The number of alkyl halides is 2. The number of hydrogen-bond acceptors (Lipinski definition) is 3. The molecule has 120 valence electrons. The second-order valence-corrected chi connectivity index (χ2v) is 6.44. The number of rotatable bonds is 3. The van der Waals surface area contributed by atoms with Crippen molar-refractivity contribution in [2.75, 3.05) is 0 Å². The van der Waals surface area contributed by atoms with Gasteiger partial charge in [-0.15, -0.1) is 0 Å². The van der Waals surface area contributed by atoms with Gasteiger partial charge in [-0.1, -0.05) is 0 Å². The average molecular weight is 317 g/mol. The van der Waals surface area contributed by atoms with Crippen molar-refractivity contribution in [3.05, 3.63) is 36.5 Å². The van der Waals surface area contributed by atoms with E-state index >= 15 is 0 Å². The van der Waals surface area contributed by atoms with Gasteiger partial charge in [-0.25, -0.2) is 13.8 Å². The minimum atomic E-state index is -2.60. The number of aromatic nitrogens is 3. The van der Waals surface area contributed by atoms with Crippen molar-refractivity contribution < 1.29 is 13.6 Å². The maximum atomic E-state index is 13.3. The summed E-state index contributed by atoms with van der Waals surface area (Å²) >= 11 is 0. The van der Waals surface area contributed by atoms with Crippen molar-refractivity contribution >= 4 is 5.78 Å². The Labute approximate surface area is 132 Å². The summed E-state index contributed by atoms with van der Waals surface area (Å²) in [6.07, 6.45) is 5.70. The molecule has 0 spiro atoms. The summed E-state index contributed by atoms with van der Waals surface area (Å²) in [4.78, 5) is 21.2. The van der Waals surface area contributed by atoms with Crippen LogP contribution in [0.3, 0.4) is 0 Å². The summed E-state index contributed by atoms with van der Waals surface area (Å²) in [5.74, 6) is -2.80. The van der Waals surface area contributed by atoms with Gasteiger partial charge in [0.25, 0.3) is 0 Å². The maximum Gasteiger partial charge on any atom is 0.248 e. The molecule has 6 heteroatoms. The Hall–Kier alpha value is -2.11. The summed E-state index contributed by atoms with van der Waals surface area (Å²) in [6.45, 7) is 0. The molecule has 1 fully saturated rings. The summed E-state index contributed by atoms with van der Waals surface area (Å²) < 4.78 is 28.5. The van der Waals surface area contributed by atoms with E-state index in [1.807, 2.05) is 16.7 Å². The van der Waals surface area contributed by atoms with E-state index in [0.29, 0.717) is 6.42 Å². The van der Waals surface area contributed by atoms with Crippen LogP contribution < -0.4 is 0 Å². The average Bonchev–Trinajstić information content (AvgIpc) is 3.10. The quantitative estimate of drug-likeness (QED) is 0.868. The fourth-order valence-corrected chi connectivity index (χ4v) is 3.71. The monoisotopic (exact) mass is 317 g/mol. The van der Waals surface area contributed by atoms with Crippen LogP contribution in [0.5, 0.6) is 0 Å². The summed E-state index contributed by atoms with van der Waals surface area (Å²) in [7, 11) is 0. The van der Waals surface area contributed by atoms with Gasteiger partial charge >= 0.3 is 0 Å². The van der Waals surface area contributed by atoms with Crippen LogP contribution in [0.15, 0.2) is 30.9 Å². The largest absolute Gasteiger partial charge is 0.321 e. The molecule has 1 aliphatic heterocycles. The SMILES string of the molecule is O=C(CC1c2ncccc2-c2cncn21)C1CCC(F)(F)CC1. The Kier molecular flexibility index (Phi) is 3.28. The number of fused-ring (bicyclic) bond motifs is 3. The third kappa shape index (κ3) is 2.46. The van der Waals surface area contributed by atoms with Gasteiger partial charge in [0.15, 0.2) is 0 Å². The molecule has 0 aromatic carbocycles. The molecule has 1 unspecified atom stereocenters. The first-order valence-electron chi connectivity index (χ1n) is 7.93. The highest BCUT2D eigenvalue weighted by Crippen LogP contribution is 2.42. The fourth-order valence-electron chi connectivity index (χ4n) is 3.71. The first kappa shape index (κ1) is 14.5. The van der Waals surface area contributed by atoms with E-state index < -0.39 is 5.92 Å². The fraction of sp³-hybridized carbons (Fsp3) is 0.471. The molecule has 23 heavy (non-hydrogen) atoms. The Morgan fingerprint density at radius 3 is 2.91 bits per heavy atom. The van der Waals surface area contributed by atoms with E-state index in [2.05, 4.69) is 9.97 Å². The zero-order valence-electron chi connectivity index (χ0n) is 12.6. The topological polar surface area (TPSA) is 47.8 Å². The van der Waals surface area contributed by atoms with Crippen molar-refractivity contribution in [1.29, 1.82) is 0 Å². The number of ketones is 1. The van der Waals surface area contributed by atoms with Crippen LogP contribution in [-0.2, 0) is 4.79 Å². The molecule has 2 aromatic heterocycles. The second kappa shape index (κ2) is 5.22. The number of imidazole rings is 1. The number of halogens is 2. The van der Waals surface area contributed by atoms with Crippen molar-refractivity contribution in [2.45, 2.75) is 44.1 Å². The Bertz CT molecular complexity index is 746. The van der Waals surface area contributed by atoms with Crippen LogP contribution in [-0.4, -0.2) is 26.2 Å². The molecule has 2 aliphatic rings. The van der Waals surface area contributed by atoms with Crippen molar-refractivity contribution in [1.82, 2.24) is 14.5 Å². The standard InChI is InChI=1S/C17H17F2N3O/c18-17(19)5-3-11(4-6-17)15(23)8-13-16-12(2-1-7-21-16)14-9-20-10-22(13)14/h1-2,7,9-11,13H,3-6,8H2. The van der Waals surface area contributed by atoms with Gasteiger partial charge in [0.1, 0.15) is 5.78 Å². The predicted octanol–water partition coefficient (Wildman–Crippen LogP) is 3.63. The van der Waals surface area contributed by atoms with E-state index in [1.54, 1.807) is 18.7 Å². The van der Waals surface area contributed by atoms with Crippen LogP contribution >= 0.6 is 0 Å². The van der Waals surface area contributed by atoms with Gasteiger partial charge < -0.3 is 4.57 Å². The molecule has 0 amide bonds. The smallest absolute Gasteiger partial charge is 0.248 e. The first-order valence-corrected chi connectivity index (χ1v) is 7.93. The zero-order valence-corrected chi connectivity index (χ0v) is 12.6. The Morgan fingerprint density at radius 1 is 1.35 bits per heavy atom.